The summed E-state index contributed by atoms with van der Waals surface area (Å²) >= 11 is 0. The fourth-order valence-electron chi connectivity index (χ4n) is 1.93. The predicted octanol–water partition coefficient (Wildman–Crippen LogP) is 1.14. The normalized spacial score (nSPS) is 16.3. The van der Waals surface area contributed by atoms with Gasteiger partial charge in [0.25, 0.3) is 5.91 Å². The molecule has 1 aliphatic rings. The van der Waals surface area contributed by atoms with Gasteiger partial charge in [-0.1, -0.05) is 6.58 Å². The maximum Gasteiger partial charge on any atom is 0.331 e. The van der Waals surface area contributed by atoms with Crippen molar-refractivity contribution < 1.29 is 9.59 Å². The smallest absolute Gasteiger partial charge is 0.331 e. The second-order valence-electron chi connectivity index (χ2n) is 4.48. The molecule has 0 atom stereocenters. The van der Waals surface area contributed by atoms with Crippen LogP contribution in [-0.4, -0.2) is 44.3 Å². The number of imidazole rings is 1. The van der Waals surface area contributed by atoms with Crippen LogP contribution in [0.2, 0.25) is 0 Å². The maximum absolute atomic E-state index is 12.1. The van der Waals surface area contributed by atoms with Gasteiger partial charge in [-0.15, -0.1) is 0 Å². The van der Waals surface area contributed by atoms with Crippen LogP contribution in [0.15, 0.2) is 24.8 Å². The number of nitrogens with one attached hydrogen (secondary N) is 1. The zero-order chi connectivity index (χ0) is 13.3. The van der Waals surface area contributed by atoms with Crippen molar-refractivity contribution in [2.24, 2.45) is 0 Å². The molecule has 18 heavy (non-hydrogen) atoms. The molecule has 0 radical (unpaired) electrons. The van der Waals surface area contributed by atoms with E-state index >= 15 is 0 Å². The number of carbonyl (C=O) groups excluding carboxylic acids is 2. The Morgan fingerprint density at radius 3 is 2.67 bits per heavy atom. The fourth-order valence-corrected chi connectivity index (χ4v) is 1.93. The third-order valence-corrected chi connectivity index (χ3v) is 2.90. The van der Waals surface area contributed by atoms with Gasteiger partial charge in [0.15, 0.2) is 0 Å². The lowest BCUT2D eigenvalue weighted by Gasteiger charge is -2.19. The first-order chi connectivity index (χ1) is 8.52. The molecule has 0 unspecified atom stereocenters. The van der Waals surface area contributed by atoms with Gasteiger partial charge in [0.05, 0.1) is 6.33 Å². The van der Waals surface area contributed by atoms with Crippen molar-refractivity contribution in [2.75, 3.05) is 6.54 Å². The number of aromatic amines is 1. The third-order valence-electron chi connectivity index (χ3n) is 2.90. The summed E-state index contributed by atoms with van der Waals surface area (Å²) in [4.78, 5) is 33.5. The van der Waals surface area contributed by atoms with Gasteiger partial charge in [-0.2, -0.15) is 0 Å². The first-order valence-electron chi connectivity index (χ1n) is 5.83. The molecule has 1 aromatic rings. The second-order valence-corrected chi connectivity index (χ2v) is 4.48. The van der Waals surface area contributed by atoms with Crippen molar-refractivity contribution in [2.45, 2.75) is 26.3 Å². The van der Waals surface area contributed by atoms with E-state index in [2.05, 4.69) is 16.5 Å². The first kappa shape index (κ1) is 12.3. The van der Waals surface area contributed by atoms with Crippen molar-refractivity contribution in [3.05, 3.63) is 30.5 Å². The molecular formula is C12H16N4O2. The van der Waals surface area contributed by atoms with Gasteiger partial charge in [0.1, 0.15) is 5.70 Å². The van der Waals surface area contributed by atoms with Crippen molar-refractivity contribution in [1.29, 1.82) is 0 Å². The second kappa shape index (κ2) is 4.64. The summed E-state index contributed by atoms with van der Waals surface area (Å²) in [5, 5.41) is 0. The molecule has 2 rings (SSSR count). The number of urea groups is 1. The van der Waals surface area contributed by atoms with Crippen LogP contribution >= 0.6 is 0 Å². The van der Waals surface area contributed by atoms with Crippen LogP contribution in [0.4, 0.5) is 4.79 Å². The molecule has 1 saturated heterocycles. The SMILES string of the molecule is C=C1C(=O)N(C(C)C)C(=O)N1CCc1cnc[nH]1. The highest BCUT2D eigenvalue weighted by Crippen LogP contribution is 2.21. The number of nitrogens with zero attached hydrogens (tertiary/aromatic N) is 3. The van der Waals surface area contributed by atoms with E-state index in [1.54, 1.807) is 12.5 Å². The molecule has 0 aliphatic carbocycles. The van der Waals surface area contributed by atoms with Gasteiger partial charge in [-0.25, -0.2) is 9.78 Å². The Morgan fingerprint density at radius 2 is 2.17 bits per heavy atom. The standard InChI is InChI=1S/C12H16N4O2/c1-8(2)16-11(17)9(3)15(12(16)18)5-4-10-6-13-7-14-10/h6-8H,3-5H2,1-2H3,(H,13,14). The van der Waals surface area contributed by atoms with Crippen molar-refractivity contribution in [3.63, 3.8) is 0 Å². The summed E-state index contributed by atoms with van der Waals surface area (Å²) < 4.78 is 0. The average Bonchev–Trinajstić information content (AvgIpc) is 2.87. The minimum absolute atomic E-state index is 0.154. The van der Waals surface area contributed by atoms with Crippen LogP contribution in [0.5, 0.6) is 0 Å². The van der Waals surface area contributed by atoms with Gasteiger partial charge in [0, 0.05) is 30.9 Å². The predicted molar refractivity (Wildman–Crippen MR) is 65.5 cm³/mol. The zero-order valence-electron chi connectivity index (χ0n) is 10.5. The van der Waals surface area contributed by atoms with Gasteiger partial charge in [-0.3, -0.25) is 14.6 Å². The van der Waals surface area contributed by atoms with Crippen molar-refractivity contribution in [3.8, 4) is 0 Å². The largest absolute Gasteiger partial charge is 0.348 e. The van der Waals surface area contributed by atoms with E-state index in [0.717, 1.165) is 5.69 Å². The summed E-state index contributed by atoms with van der Waals surface area (Å²) in [7, 11) is 0. The minimum Gasteiger partial charge on any atom is -0.348 e. The molecule has 96 valence electrons. The lowest BCUT2D eigenvalue weighted by Crippen LogP contribution is -2.38. The summed E-state index contributed by atoms with van der Waals surface area (Å²) in [6.07, 6.45) is 3.90. The molecule has 1 aromatic heterocycles. The van der Waals surface area contributed by atoms with E-state index in [1.165, 1.54) is 9.80 Å². The summed E-state index contributed by atoms with van der Waals surface area (Å²) in [6.45, 7) is 7.73. The first-order valence-corrected chi connectivity index (χ1v) is 5.83. The van der Waals surface area contributed by atoms with E-state index in [9.17, 15) is 9.59 Å². The van der Waals surface area contributed by atoms with Gasteiger partial charge < -0.3 is 4.98 Å². The van der Waals surface area contributed by atoms with Crippen molar-refractivity contribution >= 4 is 11.9 Å². The molecule has 1 aliphatic heterocycles. The van der Waals surface area contributed by atoms with Crippen LogP contribution in [-0.2, 0) is 11.2 Å². The lowest BCUT2D eigenvalue weighted by atomic mass is 10.3. The zero-order valence-corrected chi connectivity index (χ0v) is 10.5. The highest BCUT2D eigenvalue weighted by Gasteiger charge is 2.40. The van der Waals surface area contributed by atoms with Crippen LogP contribution in [0, 0.1) is 0 Å². The monoisotopic (exact) mass is 248 g/mol. The highest BCUT2D eigenvalue weighted by atomic mass is 16.2. The molecule has 1 fully saturated rings. The van der Waals surface area contributed by atoms with Crippen LogP contribution in [0.1, 0.15) is 19.5 Å². The number of rotatable bonds is 4. The Kier molecular flexibility index (Phi) is 3.18. The third kappa shape index (κ3) is 2.01. The molecule has 3 amide bonds. The van der Waals surface area contributed by atoms with Gasteiger partial charge in [0.2, 0.25) is 0 Å². The number of carbonyl (C=O) groups is 2. The Morgan fingerprint density at radius 1 is 1.44 bits per heavy atom. The molecule has 0 saturated carbocycles. The minimum atomic E-state index is -0.306. The van der Waals surface area contributed by atoms with Gasteiger partial charge >= 0.3 is 6.03 Å². The van der Waals surface area contributed by atoms with E-state index < -0.39 is 0 Å². The number of hydrogen-bond donors (Lipinski definition) is 1. The molecule has 1 N–H and O–H groups in total. The Bertz CT molecular complexity index is 478. The average molecular weight is 248 g/mol. The summed E-state index contributed by atoms with van der Waals surface area (Å²) in [5.74, 6) is -0.306. The number of H-pyrrole nitrogens is 1. The van der Waals surface area contributed by atoms with E-state index in [4.69, 9.17) is 0 Å². The summed E-state index contributed by atoms with van der Waals surface area (Å²) in [6, 6.07) is -0.446. The number of hydrogen-bond acceptors (Lipinski definition) is 3. The lowest BCUT2D eigenvalue weighted by molar-refractivity contribution is -0.124. The fraction of sp³-hybridized carbons (Fsp3) is 0.417. The van der Waals surface area contributed by atoms with Crippen LogP contribution in [0.3, 0.4) is 0 Å². The Labute approximate surface area is 105 Å². The van der Waals surface area contributed by atoms with Crippen LogP contribution < -0.4 is 0 Å². The quantitative estimate of drug-likeness (QED) is 0.641. The molecule has 6 nitrogen and oxygen atoms in total. The van der Waals surface area contributed by atoms with E-state index in [-0.39, 0.29) is 23.7 Å². The molecule has 2 heterocycles. The van der Waals surface area contributed by atoms with E-state index in [0.29, 0.717) is 13.0 Å². The van der Waals surface area contributed by atoms with Gasteiger partial charge in [-0.05, 0) is 13.8 Å². The van der Waals surface area contributed by atoms with E-state index in [1.807, 2.05) is 13.8 Å². The maximum atomic E-state index is 12.1. The molecule has 0 bridgehead atoms. The number of amides is 3. The highest BCUT2D eigenvalue weighted by molar-refractivity contribution is 6.11. The summed E-state index contributed by atoms with van der Waals surface area (Å²) in [5.41, 5.74) is 1.17. The van der Waals surface area contributed by atoms with Crippen molar-refractivity contribution in [1.82, 2.24) is 19.8 Å². The number of aromatic nitrogens is 2. The molecule has 0 aromatic carbocycles. The molecule has 6 heteroatoms. The topological polar surface area (TPSA) is 69.3 Å². The molecule has 0 spiro atoms. The number of imide groups is 1. The molecular weight excluding hydrogens is 232 g/mol. The Hall–Kier alpha value is -2.11. The van der Waals surface area contributed by atoms with Crippen LogP contribution in [0.25, 0.3) is 0 Å². The Balaban J connectivity index is 2.07.